The van der Waals surface area contributed by atoms with Gasteiger partial charge in [0.25, 0.3) is 5.56 Å². The van der Waals surface area contributed by atoms with Crippen LogP contribution in [0.25, 0.3) is 22.4 Å². The summed E-state index contributed by atoms with van der Waals surface area (Å²) >= 11 is 0. The number of ether oxygens (including phenoxy) is 1. The molecule has 0 amide bonds. The van der Waals surface area contributed by atoms with Gasteiger partial charge in [0.15, 0.2) is 5.52 Å². The maximum absolute atomic E-state index is 13.7. The highest BCUT2D eigenvalue weighted by molar-refractivity contribution is 7.89. The van der Waals surface area contributed by atoms with Crippen LogP contribution in [-0.4, -0.2) is 87.3 Å². The minimum absolute atomic E-state index is 0.0402. The van der Waals surface area contributed by atoms with Crippen molar-refractivity contribution >= 4 is 27.0 Å². The molecule has 0 aliphatic carbocycles. The zero-order valence-corrected chi connectivity index (χ0v) is 22.9. The highest BCUT2D eigenvalue weighted by Crippen LogP contribution is 2.32. The molecule has 2 aromatic heterocycles. The lowest BCUT2D eigenvalue weighted by atomic mass is 10.1. The van der Waals surface area contributed by atoms with E-state index < -0.39 is 22.0 Å². The Morgan fingerprint density at radius 2 is 1.97 bits per heavy atom. The van der Waals surface area contributed by atoms with Crippen LogP contribution in [0.1, 0.15) is 39.3 Å². The Bertz CT molecular complexity index is 1500. The lowest BCUT2D eigenvalue weighted by molar-refractivity contribution is -0.142. The van der Waals surface area contributed by atoms with Gasteiger partial charge in [-0.05, 0) is 44.9 Å². The molecule has 1 unspecified atom stereocenters. The van der Waals surface area contributed by atoms with Crippen molar-refractivity contribution in [2.75, 3.05) is 32.8 Å². The molecule has 206 valence electrons. The summed E-state index contributed by atoms with van der Waals surface area (Å²) in [5, 5.41) is 13.8. The molecule has 0 saturated carbocycles. The molecular weight excluding hydrogens is 512 g/mol. The van der Waals surface area contributed by atoms with Gasteiger partial charge in [-0.2, -0.15) is 9.40 Å². The minimum atomic E-state index is -3.91. The second kappa shape index (κ2) is 11.2. The van der Waals surface area contributed by atoms with Crippen LogP contribution in [0.4, 0.5) is 0 Å². The Hall–Kier alpha value is -3.29. The SMILES string of the molecule is CCCc1nn(C)c2c(=O)[nH]c(-c3cc(S(=O)(=O)N4CCCN(C(C)C(=O)O)CC4)ccc3OCC)nc12. The molecule has 4 rings (SSSR count). The van der Waals surface area contributed by atoms with Gasteiger partial charge in [0.05, 0.1) is 22.8 Å². The Labute approximate surface area is 221 Å². The Morgan fingerprint density at radius 1 is 1.21 bits per heavy atom. The van der Waals surface area contributed by atoms with E-state index in [2.05, 4.69) is 10.1 Å². The van der Waals surface area contributed by atoms with Gasteiger partial charge in [0.2, 0.25) is 10.0 Å². The number of hydrogen-bond acceptors (Lipinski definition) is 8. The van der Waals surface area contributed by atoms with Gasteiger partial charge in [0, 0.05) is 33.2 Å². The van der Waals surface area contributed by atoms with E-state index in [1.807, 2.05) is 13.8 Å². The Balaban J connectivity index is 1.75. The number of sulfonamides is 1. The zero-order valence-electron chi connectivity index (χ0n) is 22.1. The summed E-state index contributed by atoms with van der Waals surface area (Å²) in [6.45, 7) is 7.00. The molecule has 0 radical (unpaired) electrons. The number of nitrogens with zero attached hydrogens (tertiary/aromatic N) is 5. The average molecular weight is 547 g/mol. The van der Waals surface area contributed by atoms with E-state index in [0.29, 0.717) is 60.6 Å². The van der Waals surface area contributed by atoms with E-state index in [4.69, 9.17) is 9.72 Å². The third-order valence-corrected chi connectivity index (χ3v) is 8.68. The first kappa shape index (κ1) is 27.7. The number of aliphatic carboxylic acids is 1. The van der Waals surface area contributed by atoms with Crippen LogP contribution in [0.2, 0.25) is 0 Å². The molecule has 0 bridgehead atoms. The van der Waals surface area contributed by atoms with Crippen molar-refractivity contribution < 1.29 is 23.1 Å². The molecule has 1 saturated heterocycles. The monoisotopic (exact) mass is 546 g/mol. The summed E-state index contributed by atoms with van der Waals surface area (Å²) in [5.41, 5.74) is 1.50. The number of aromatic nitrogens is 4. The van der Waals surface area contributed by atoms with Gasteiger partial charge >= 0.3 is 5.97 Å². The van der Waals surface area contributed by atoms with Gasteiger partial charge in [-0.25, -0.2) is 13.4 Å². The maximum Gasteiger partial charge on any atom is 0.320 e. The number of benzene rings is 1. The predicted octanol–water partition coefficient (Wildman–Crippen LogP) is 1.84. The van der Waals surface area contributed by atoms with E-state index in [0.717, 1.165) is 6.42 Å². The number of hydrogen-bond donors (Lipinski definition) is 2. The molecule has 13 heteroatoms. The first-order chi connectivity index (χ1) is 18.1. The fourth-order valence-corrected chi connectivity index (χ4v) is 6.26. The summed E-state index contributed by atoms with van der Waals surface area (Å²) in [5.74, 6) is -0.343. The second-order valence-corrected chi connectivity index (χ2v) is 11.3. The van der Waals surface area contributed by atoms with E-state index in [1.54, 1.807) is 24.9 Å². The number of aromatic amines is 1. The Morgan fingerprint density at radius 3 is 2.66 bits per heavy atom. The lowest BCUT2D eigenvalue weighted by Crippen LogP contribution is -2.42. The molecule has 1 aromatic carbocycles. The third-order valence-electron chi connectivity index (χ3n) is 6.79. The minimum Gasteiger partial charge on any atom is -0.493 e. The van der Waals surface area contributed by atoms with Crippen molar-refractivity contribution in [3.05, 3.63) is 34.2 Å². The van der Waals surface area contributed by atoms with Crippen molar-refractivity contribution in [2.24, 2.45) is 7.05 Å². The highest BCUT2D eigenvalue weighted by Gasteiger charge is 2.31. The molecule has 1 aliphatic heterocycles. The van der Waals surface area contributed by atoms with Crippen molar-refractivity contribution in [3.8, 4) is 17.1 Å². The van der Waals surface area contributed by atoms with Gasteiger partial charge in [-0.1, -0.05) is 13.3 Å². The average Bonchev–Trinajstić information content (AvgIpc) is 3.04. The zero-order chi connectivity index (χ0) is 27.6. The summed E-state index contributed by atoms with van der Waals surface area (Å²) in [6.07, 6.45) is 1.98. The van der Waals surface area contributed by atoms with Gasteiger partial charge in [0.1, 0.15) is 23.1 Å². The molecule has 2 N–H and O–H groups in total. The number of carboxylic acid groups (broad SMARTS) is 1. The molecule has 1 fully saturated rings. The molecule has 1 atom stereocenters. The second-order valence-electron chi connectivity index (χ2n) is 9.33. The normalized spacial score (nSPS) is 16.4. The highest BCUT2D eigenvalue weighted by atomic mass is 32.2. The lowest BCUT2D eigenvalue weighted by Gasteiger charge is -2.24. The number of carboxylic acids is 1. The van der Waals surface area contributed by atoms with Crippen LogP contribution in [-0.2, 0) is 28.3 Å². The van der Waals surface area contributed by atoms with Crippen LogP contribution < -0.4 is 10.3 Å². The van der Waals surface area contributed by atoms with Gasteiger partial charge in [-0.15, -0.1) is 0 Å². The first-order valence-electron chi connectivity index (χ1n) is 12.8. The fourth-order valence-electron chi connectivity index (χ4n) is 4.76. The van der Waals surface area contributed by atoms with Crippen LogP contribution in [0.5, 0.6) is 5.75 Å². The number of carbonyl (C=O) groups is 1. The standard InChI is InChI=1S/C25H34N6O6S/c1-5-8-19-21-22(29(4)28-19)24(32)27-23(26-21)18-15-17(9-10-20(18)37-6-2)38(35,36)31-12-7-11-30(13-14-31)16(3)25(33)34/h9-10,15-16H,5-8,11-14H2,1-4H3,(H,33,34)(H,26,27,32). The van der Waals surface area contributed by atoms with E-state index in [1.165, 1.54) is 21.1 Å². The Kier molecular flexibility index (Phi) is 8.19. The molecule has 3 aromatic rings. The van der Waals surface area contributed by atoms with Gasteiger partial charge in [-0.3, -0.25) is 19.2 Å². The summed E-state index contributed by atoms with van der Waals surface area (Å²) in [4.78, 5) is 33.7. The predicted molar refractivity (Wildman–Crippen MR) is 142 cm³/mol. The quantitative estimate of drug-likeness (QED) is 0.410. The van der Waals surface area contributed by atoms with E-state index in [-0.39, 0.29) is 29.4 Å². The number of nitrogens with one attached hydrogen (secondary N) is 1. The largest absolute Gasteiger partial charge is 0.493 e. The molecule has 3 heterocycles. The molecule has 12 nitrogen and oxygen atoms in total. The van der Waals surface area contributed by atoms with Crippen molar-refractivity contribution in [1.82, 2.24) is 29.0 Å². The number of H-pyrrole nitrogens is 1. The number of rotatable bonds is 9. The third kappa shape index (κ3) is 5.31. The molecule has 0 spiro atoms. The maximum atomic E-state index is 13.7. The summed E-state index contributed by atoms with van der Waals surface area (Å²) in [6, 6.07) is 3.83. The van der Waals surface area contributed by atoms with Gasteiger partial charge < -0.3 is 14.8 Å². The van der Waals surface area contributed by atoms with Crippen LogP contribution in [0.15, 0.2) is 27.9 Å². The number of aryl methyl sites for hydroxylation is 2. The topological polar surface area (TPSA) is 151 Å². The fraction of sp³-hybridized carbons (Fsp3) is 0.520. The number of fused-ring (bicyclic) bond motifs is 1. The van der Waals surface area contributed by atoms with Crippen molar-refractivity contribution in [2.45, 2.75) is 51.0 Å². The smallest absolute Gasteiger partial charge is 0.320 e. The summed E-state index contributed by atoms with van der Waals surface area (Å²) < 4.78 is 36.0. The van der Waals surface area contributed by atoms with Crippen LogP contribution in [0.3, 0.4) is 0 Å². The van der Waals surface area contributed by atoms with Crippen molar-refractivity contribution in [3.63, 3.8) is 0 Å². The molecule has 1 aliphatic rings. The molecular formula is C25H34N6O6S. The van der Waals surface area contributed by atoms with Crippen LogP contribution in [0, 0.1) is 0 Å². The van der Waals surface area contributed by atoms with Crippen LogP contribution >= 0.6 is 0 Å². The summed E-state index contributed by atoms with van der Waals surface area (Å²) in [7, 11) is -2.22. The molecule has 38 heavy (non-hydrogen) atoms. The van der Waals surface area contributed by atoms with E-state index >= 15 is 0 Å². The van der Waals surface area contributed by atoms with E-state index in [9.17, 15) is 23.1 Å². The van der Waals surface area contributed by atoms with Crippen molar-refractivity contribution in [1.29, 1.82) is 0 Å². The first-order valence-corrected chi connectivity index (χ1v) is 14.2.